The van der Waals surface area contributed by atoms with Crippen LogP contribution in [0.3, 0.4) is 0 Å². The van der Waals surface area contributed by atoms with Crippen molar-refractivity contribution in [3.8, 4) is 17.1 Å². The second kappa shape index (κ2) is 11.0. The van der Waals surface area contributed by atoms with E-state index in [9.17, 15) is 0 Å². The molecule has 5 heteroatoms. The van der Waals surface area contributed by atoms with Gasteiger partial charge in [0.25, 0.3) is 0 Å². The van der Waals surface area contributed by atoms with Crippen LogP contribution in [0.25, 0.3) is 22.4 Å². The normalized spacial score (nSPS) is 11.8. The summed E-state index contributed by atoms with van der Waals surface area (Å²) in [4.78, 5) is 11.1. The van der Waals surface area contributed by atoms with Crippen LogP contribution in [-0.4, -0.2) is 40.1 Å². The lowest BCUT2D eigenvalue weighted by Gasteiger charge is -2.30. The first kappa shape index (κ1) is 25.5. The smallest absolute Gasteiger partial charge is 0.138 e. The minimum absolute atomic E-state index is 0.486. The molecule has 0 radical (unpaired) electrons. The third-order valence-electron chi connectivity index (χ3n) is 6.70. The Kier molecular flexibility index (Phi) is 7.98. The number of nitrogens with one attached hydrogen (secondary N) is 1. The lowest BCUT2D eigenvalue weighted by Crippen LogP contribution is -2.39. The Balaban J connectivity index is 1.69. The van der Waals surface area contributed by atoms with Gasteiger partial charge >= 0.3 is 0 Å². The molecule has 0 aliphatic heterocycles. The van der Waals surface area contributed by atoms with Gasteiger partial charge in [-0.2, -0.15) is 0 Å². The number of H-pyrrole nitrogens is 1. The van der Waals surface area contributed by atoms with Crippen molar-refractivity contribution >= 4 is 27.0 Å². The molecule has 0 aliphatic carbocycles. The highest BCUT2D eigenvalue weighted by molar-refractivity contribution is 9.10. The predicted octanol–water partition coefficient (Wildman–Crippen LogP) is 7.70. The van der Waals surface area contributed by atoms with Gasteiger partial charge in [0, 0.05) is 41.2 Å². The van der Waals surface area contributed by atoms with Gasteiger partial charge in [-0.25, -0.2) is 4.98 Å². The molecule has 0 unspecified atom stereocenters. The summed E-state index contributed by atoms with van der Waals surface area (Å²) < 4.78 is 7.41. The van der Waals surface area contributed by atoms with E-state index in [0.29, 0.717) is 18.7 Å². The fourth-order valence-corrected chi connectivity index (χ4v) is 5.06. The highest BCUT2D eigenvalue weighted by Gasteiger charge is 2.16. The maximum Gasteiger partial charge on any atom is 0.138 e. The number of hydrogen-bond acceptors (Lipinski definition) is 3. The van der Waals surface area contributed by atoms with Crippen molar-refractivity contribution in [1.82, 2.24) is 14.9 Å². The Hall–Kier alpha value is -2.63. The molecule has 4 rings (SSSR count). The molecular weight excluding hydrogens is 498 g/mol. The summed E-state index contributed by atoms with van der Waals surface area (Å²) in [6, 6.07) is 20.1. The number of aryl methyl sites for hydroxylation is 2. The Morgan fingerprint density at radius 1 is 0.914 bits per heavy atom. The summed E-state index contributed by atoms with van der Waals surface area (Å²) in [6.45, 7) is 14.8. The summed E-state index contributed by atoms with van der Waals surface area (Å²) in [5, 5.41) is 0. The number of hydrogen-bond donors (Lipinski definition) is 1. The van der Waals surface area contributed by atoms with Crippen LogP contribution in [0.5, 0.6) is 5.75 Å². The highest BCUT2D eigenvalue weighted by atomic mass is 79.9. The first-order valence-electron chi connectivity index (χ1n) is 12.4. The van der Waals surface area contributed by atoms with Gasteiger partial charge in [-0.15, -0.1) is 0 Å². The van der Waals surface area contributed by atoms with Crippen LogP contribution in [0, 0.1) is 13.8 Å². The molecule has 3 aromatic carbocycles. The molecule has 0 bridgehead atoms. The lowest BCUT2D eigenvalue weighted by molar-refractivity contribution is 0.142. The fourth-order valence-electron chi connectivity index (χ4n) is 4.63. The van der Waals surface area contributed by atoms with E-state index in [1.165, 1.54) is 16.7 Å². The maximum absolute atomic E-state index is 6.30. The van der Waals surface area contributed by atoms with Crippen molar-refractivity contribution in [2.45, 2.75) is 60.0 Å². The van der Waals surface area contributed by atoms with Crippen molar-refractivity contribution in [2.75, 3.05) is 13.2 Å². The molecular formula is C30H36BrN3O. The Bertz CT molecular complexity index is 1300. The van der Waals surface area contributed by atoms with Crippen molar-refractivity contribution in [1.29, 1.82) is 0 Å². The largest absolute Gasteiger partial charge is 0.492 e. The second-order valence-corrected chi connectivity index (χ2v) is 10.8. The zero-order chi connectivity index (χ0) is 25.1. The van der Waals surface area contributed by atoms with Gasteiger partial charge in [0.15, 0.2) is 0 Å². The zero-order valence-electron chi connectivity index (χ0n) is 21.7. The number of fused-ring (bicyclic) bond motifs is 1. The molecule has 0 spiro atoms. The summed E-state index contributed by atoms with van der Waals surface area (Å²) >= 11 is 3.71. The van der Waals surface area contributed by atoms with E-state index in [4.69, 9.17) is 9.72 Å². The minimum Gasteiger partial charge on any atom is -0.492 e. The van der Waals surface area contributed by atoms with E-state index in [2.05, 4.69) is 116 Å². The Labute approximate surface area is 217 Å². The van der Waals surface area contributed by atoms with Crippen LogP contribution in [0.2, 0.25) is 0 Å². The van der Waals surface area contributed by atoms with E-state index in [1.807, 2.05) is 6.07 Å². The number of rotatable bonds is 9. The number of halogens is 1. The summed E-state index contributed by atoms with van der Waals surface area (Å²) in [7, 11) is 0. The van der Waals surface area contributed by atoms with Gasteiger partial charge in [-0.05, 0) is 82.0 Å². The van der Waals surface area contributed by atoms with Crippen LogP contribution in [0.4, 0.5) is 0 Å². The first-order chi connectivity index (χ1) is 16.7. The molecule has 0 fully saturated rings. The van der Waals surface area contributed by atoms with Crippen LogP contribution in [0.1, 0.15) is 49.9 Å². The topological polar surface area (TPSA) is 41.1 Å². The van der Waals surface area contributed by atoms with Gasteiger partial charge in [0.2, 0.25) is 0 Å². The number of ether oxygens (including phenoxy) is 1. The SMILES string of the molecule is Cc1ccc(-c2nc3c(Cc4ccccc4Br)cc(OCCN(C(C)C)C(C)C)cc3[nH]2)cc1C. The third kappa shape index (κ3) is 5.96. The molecule has 35 heavy (non-hydrogen) atoms. The highest BCUT2D eigenvalue weighted by Crippen LogP contribution is 2.31. The van der Waals surface area contributed by atoms with Crippen LogP contribution < -0.4 is 4.74 Å². The average Bonchev–Trinajstić information content (AvgIpc) is 3.24. The van der Waals surface area contributed by atoms with Gasteiger partial charge in [0.05, 0.1) is 11.0 Å². The van der Waals surface area contributed by atoms with E-state index in [-0.39, 0.29) is 0 Å². The number of aromatic nitrogens is 2. The molecule has 1 N–H and O–H groups in total. The lowest BCUT2D eigenvalue weighted by atomic mass is 10.0. The van der Waals surface area contributed by atoms with E-state index < -0.39 is 0 Å². The molecule has 4 aromatic rings. The molecule has 4 nitrogen and oxygen atoms in total. The third-order valence-corrected chi connectivity index (χ3v) is 7.48. The molecule has 0 saturated heterocycles. The first-order valence-corrected chi connectivity index (χ1v) is 13.2. The molecule has 1 heterocycles. The fraction of sp³-hybridized carbons (Fsp3) is 0.367. The van der Waals surface area contributed by atoms with Gasteiger partial charge in [-0.3, -0.25) is 4.90 Å². The van der Waals surface area contributed by atoms with Crippen LogP contribution in [-0.2, 0) is 6.42 Å². The summed E-state index contributed by atoms with van der Waals surface area (Å²) in [6.07, 6.45) is 0.774. The predicted molar refractivity (Wildman–Crippen MR) is 150 cm³/mol. The molecule has 184 valence electrons. The molecule has 0 saturated carbocycles. The van der Waals surface area contributed by atoms with E-state index in [1.54, 1.807) is 0 Å². The molecule has 1 aromatic heterocycles. The van der Waals surface area contributed by atoms with Gasteiger partial charge < -0.3 is 9.72 Å². The van der Waals surface area contributed by atoms with Gasteiger partial charge in [0.1, 0.15) is 18.2 Å². The Morgan fingerprint density at radius 2 is 1.66 bits per heavy atom. The quantitative estimate of drug-likeness (QED) is 0.239. The van der Waals surface area contributed by atoms with Crippen molar-refractivity contribution in [3.05, 3.63) is 81.3 Å². The van der Waals surface area contributed by atoms with Crippen LogP contribution in [0.15, 0.2) is 59.1 Å². The number of aromatic amines is 1. The van der Waals surface area contributed by atoms with Crippen molar-refractivity contribution in [2.24, 2.45) is 0 Å². The van der Waals surface area contributed by atoms with Gasteiger partial charge in [-0.1, -0.05) is 46.3 Å². The second-order valence-electron chi connectivity index (χ2n) is 9.90. The minimum atomic E-state index is 0.486. The summed E-state index contributed by atoms with van der Waals surface area (Å²) in [5.41, 5.74) is 8.03. The van der Waals surface area contributed by atoms with Crippen LogP contribution >= 0.6 is 15.9 Å². The Morgan fingerprint density at radius 3 is 2.34 bits per heavy atom. The average molecular weight is 535 g/mol. The van der Waals surface area contributed by atoms with Crippen molar-refractivity contribution < 1.29 is 4.74 Å². The maximum atomic E-state index is 6.30. The molecule has 0 amide bonds. The zero-order valence-corrected chi connectivity index (χ0v) is 23.2. The monoisotopic (exact) mass is 533 g/mol. The standard InChI is InChI=1S/C30H36BrN3O/c1-19(2)34(20(3)4)13-14-35-26-17-25(16-23-9-7-8-10-27(23)31)29-28(18-26)32-30(33-29)24-12-11-21(5)22(6)15-24/h7-12,15,17-20H,13-14,16H2,1-6H3,(H,32,33). The van der Waals surface area contributed by atoms with E-state index >= 15 is 0 Å². The molecule has 0 atom stereocenters. The van der Waals surface area contributed by atoms with Crippen molar-refractivity contribution in [3.63, 3.8) is 0 Å². The van der Waals surface area contributed by atoms with E-state index in [0.717, 1.165) is 51.2 Å². The number of imidazole rings is 1. The number of nitrogens with zero attached hydrogens (tertiary/aromatic N) is 2. The number of benzene rings is 3. The summed E-state index contributed by atoms with van der Waals surface area (Å²) in [5.74, 6) is 1.77. The molecule has 0 aliphatic rings.